The predicted octanol–water partition coefficient (Wildman–Crippen LogP) is 3.01. The van der Waals surface area contributed by atoms with Crippen molar-refractivity contribution < 1.29 is 13.2 Å². The summed E-state index contributed by atoms with van der Waals surface area (Å²) in [6, 6.07) is 14.9. The van der Waals surface area contributed by atoms with Gasteiger partial charge in [0.2, 0.25) is 10.0 Å². The van der Waals surface area contributed by atoms with E-state index < -0.39 is 10.0 Å². The second-order valence-corrected chi connectivity index (χ2v) is 8.39. The largest absolute Gasteiger partial charge is 0.316 e. The number of hydrogen-bond donors (Lipinski definition) is 2. The molecule has 2 aromatic rings. The summed E-state index contributed by atoms with van der Waals surface area (Å²) in [5.74, 6) is -0.0472. The number of benzene rings is 2. The molecule has 2 aromatic carbocycles. The van der Waals surface area contributed by atoms with Crippen LogP contribution in [0, 0.1) is 5.92 Å². The van der Waals surface area contributed by atoms with Crippen LogP contribution in [-0.2, 0) is 10.0 Å². The molecule has 3 rings (SSSR count). The lowest BCUT2D eigenvalue weighted by Gasteiger charge is -2.29. The summed E-state index contributed by atoms with van der Waals surface area (Å²) in [5, 5.41) is 3.30. The predicted molar refractivity (Wildman–Crippen MR) is 109 cm³/mol. The number of nitrogens with one attached hydrogen (secondary N) is 2. The van der Waals surface area contributed by atoms with Crippen LogP contribution in [0.15, 0.2) is 59.5 Å². The van der Waals surface area contributed by atoms with Gasteiger partial charge < -0.3 is 5.32 Å². The standard InChI is InChI=1S/C20H24N2O3S.ClH/c1-15(17-10-7-13-21-14-17)22-26(24,25)19-12-6-5-11-18(19)20(23)16-8-3-2-4-9-16;/h2-6,8-9,11-12,15,17,21-22H,7,10,13-14H2,1H3;1H. The molecule has 1 saturated heterocycles. The molecule has 27 heavy (non-hydrogen) atoms. The van der Waals surface area contributed by atoms with E-state index in [-0.39, 0.29) is 40.6 Å². The third-order valence-electron chi connectivity index (χ3n) is 4.84. The number of carbonyl (C=O) groups excluding carboxylic acids is 1. The minimum absolute atomic E-state index is 0. The molecular weight excluding hydrogens is 384 g/mol. The Labute approximate surface area is 167 Å². The molecule has 7 heteroatoms. The first-order valence-corrected chi connectivity index (χ1v) is 10.4. The molecule has 0 bridgehead atoms. The molecule has 1 fully saturated rings. The molecule has 1 aliphatic rings. The van der Waals surface area contributed by atoms with Crippen molar-refractivity contribution in [3.05, 3.63) is 65.7 Å². The molecule has 2 atom stereocenters. The average Bonchev–Trinajstić information content (AvgIpc) is 2.68. The zero-order valence-corrected chi connectivity index (χ0v) is 16.9. The fourth-order valence-corrected chi connectivity index (χ4v) is 4.86. The van der Waals surface area contributed by atoms with Crippen LogP contribution in [0.1, 0.15) is 35.7 Å². The van der Waals surface area contributed by atoms with Gasteiger partial charge in [0.25, 0.3) is 0 Å². The molecule has 1 aliphatic heterocycles. The van der Waals surface area contributed by atoms with Gasteiger partial charge in [0.1, 0.15) is 0 Å². The molecule has 0 amide bonds. The Morgan fingerprint density at radius 3 is 2.44 bits per heavy atom. The molecule has 0 radical (unpaired) electrons. The number of halogens is 1. The number of hydrogen-bond acceptors (Lipinski definition) is 4. The highest BCUT2D eigenvalue weighted by atomic mass is 35.5. The maximum Gasteiger partial charge on any atom is 0.241 e. The van der Waals surface area contributed by atoms with E-state index in [0.29, 0.717) is 5.56 Å². The van der Waals surface area contributed by atoms with Crippen molar-refractivity contribution in [2.75, 3.05) is 13.1 Å². The highest BCUT2D eigenvalue weighted by Crippen LogP contribution is 2.21. The average molecular weight is 409 g/mol. The first-order chi connectivity index (χ1) is 12.5. The molecule has 2 N–H and O–H groups in total. The van der Waals surface area contributed by atoms with E-state index in [1.54, 1.807) is 42.5 Å². The second kappa shape index (κ2) is 9.46. The first-order valence-electron chi connectivity index (χ1n) is 8.91. The van der Waals surface area contributed by atoms with Crippen LogP contribution in [0.5, 0.6) is 0 Å². The van der Waals surface area contributed by atoms with Gasteiger partial charge >= 0.3 is 0 Å². The van der Waals surface area contributed by atoms with E-state index in [1.807, 2.05) is 13.0 Å². The Morgan fingerprint density at radius 2 is 1.78 bits per heavy atom. The smallest absolute Gasteiger partial charge is 0.241 e. The lowest BCUT2D eigenvalue weighted by Crippen LogP contribution is -2.44. The van der Waals surface area contributed by atoms with Crippen LogP contribution in [0.2, 0.25) is 0 Å². The van der Waals surface area contributed by atoms with Gasteiger partial charge in [-0.15, -0.1) is 12.4 Å². The molecule has 146 valence electrons. The molecule has 0 spiro atoms. The Balaban J connectivity index is 0.00000261. The van der Waals surface area contributed by atoms with Crippen molar-refractivity contribution in [2.45, 2.75) is 30.7 Å². The number of carbonyl (C=O) groups is 1. The van der Waals surface area contributed by atoms with Crippen LogP contribution in [0.25, 0.3) is 0 Å². The summed E-state index contributed by atoms with van der Waals surface area (Å²) in [4.78, 5) is 12.8. The van der Waals surface area contributed by atoms with Crippen molar-refractivity contribution in [3.8, 4) is 0 Å². The second-order valence-electron chi connectivity index (χ2n) is 6.71. The SMILES string of the molecule is CC(NS(=O)(=O)c1ccccc1C(=O)c1ccccc1)C1CCCNC1.Cl. The van der Waals surface area contributed by atoms with Gasteiger partial charge in [-0.05, 0) is 50.9 Å². The quantitative estimate of drug-likeness (QED) is 0.720. The van der Waals surface area contributed by atoms with Crippen molar-refractivity contribution in [1.29, 1.82) is 0 Å². The summed E-state index contributed by atoms with van der Waals surface area (Å²) in [6.07, 6.45) is 2.03. The lowest BCUT2D eigenvalue weighted by atomic mass is 9.94. The van der Waals surface area contributed by atoms with Gasteiger partial charge in [0.05, 0.1) is 4.90 Å². The first kappa shape index (κ1) is 21.6. The van der Waals surface area contributed by atoms with Crippen LogP contribution in [-0.4, -0.2) is 33.3 Å². The summed E-state index contributed by atoms with van der Waals surface area (Å²) < 4.78 is 28.7. The minimum atomic E-state index is -3.79. The minimum Gasteiger partial charge on any atom is -0.316 e. The number of rotatable bonds is 6. The van der Waals surface area contributed by atoms with E-state index in [1.165, 1.54) is 6.07 Å². The van der Waals surface area contributed by atoms with Gasteiger partial charge in [-0.1, -0.05) is 42.5 Å². The Hall–Kier alpha value is -1.73. The highest BCUT2D eigenvalue weighted by molar-refractivity contribution is 7.89. The third kappa shape index (κ3) is 5.17. The monoisotopic (exact) mass is 408 g/mol. The van der Waals surface area contributed by atoms with Gasteiger partial charge in [-0.3, -0.25) is 4.79 Å². The zero-order valence-electron chi connectivity index (χ0n) is 15.2. The van der Waals surface area contributed by atoms with Gasteiger partial charge in [0, 0.05) is 17.2 Å². The Bertz CT molecular complexity index is 866. The van der Waals surface area contributed by atoms with Gasteiger partial charge in [-0.25, -0.2) is 13.1 Å². The van der Waals surface area contributed by atoms with Gasteiger partial charge in [0.15, 0.2) is 5.78 Å². The number of ketones is 1. The molecule has 1 heterocycles. The van der Waals surface area contributed by atoms with Crippen LogP contribution in [0.3, 0.4) is 0 Å². The van der Waals surface area contributed by atoms with Crippen LogP contribution in [0.4, 0.5) is 0 Å². The van der Waals surface area contributed by atoms with Crippen molar-refractivity contribution >= 4 is 28.2 Å². The summed E-state index contributed by atoms with van der Waals surface area (Å²) >= 11 is 0. The Kier molecular flexibility index (Phi) is 7.56. The fourth-order valence-electron chi connectivity index (χ4n) is 3.34. The normalized spacial score (nSPS) is 18.3. The van der Waals surface area contributed by atoms with Crippen molar-refractivity contribution in [2.24, 2.45) is 5.92 Å². The van der Waals surface area contributed by atoms with E-state index >= 15 is 0 Å². The molecule has 0 aliphatic carbocycles. The van der Waals surface area contributed by atoms with E-state index in [2.05, 4.69) is 10.0 Å². The summed E-state index contributed by atoms with van der Waals surface area (Å²) in [5.41, 5.74) is 0.667. The van der Waals surface area contributed by atoms with E-state index in [4.69, 9.17) is 0 Å². The third-order valence-corrected chi connectivity index (χ3v) is 6.46. The summed E-state index contributed by atoms with van der Waals surface area (Å²) in [6.45, 7) is 3.66. The number of sulfonamides is 1. The van der Waals surface area contributed by atoms with Crippen LogP contribution >= 0.6 is 12.4 Å². The number of piperidine rings is 1. The topological polar surface area (TPSA) is 75.3 Å². The van der Waals surface area contributed by atoms with Gasteiger partial charge in [-0.2, -0.15) is 0 Å². The zero-order chi connectivity index (χ0) is 18.6. The molecule has 5 nitrogen and oxygen atoms in total. The Morgan fingerprint density at radius 1 is 1.11 bits per heavy atom. The molecule has 2 unspecified atom stereocenters. The highest BCUT2D eigenvalue weighted by Gasteiger charge is 2.28. The summed E-state index contributed by atoms with van der Waals surface area (Å²) in [7, 11) is -3.79. The van der Waals surface area contributed by atoms with E-state index in [0.717, 1.165) is 25.9 Å². The molecule has 0 saturated carbocycles. The maximum atomic E-state index is 13.0. The fraction of sp³-hybridized carbons (Fsp3) is 0.350. The molecule has 0 aromatic heterocycles. The lowest BCUT2D eigenvalue weighted by molar-refractivity contribution is 0.103. The van der Waals surface area contributed by atoms with Crippen LogP contribution < -0.4 is 10.0 Å². The maximum absolute atomic E-state index is 13.0. The molecular formula is C20H25ClN2O3S. The van der Waals surface area contributed by atoms with Crippen molar-refractivity contribution in [1.82, 2.24) is 10.0 Å². The van der Waals surface area contributed by atoms with E-state index in [9.17, 15) is 13.2 Å². The van der Waals surface area contributed by atoms with Crippen molar-refractivity contribution in [3.63, 3.8) is 0 Å².